The largest absolute Gasteiger partial charge is 0.352 e. The highest BCUT2D eigenvalue weighted by Crippen LogP contribution is 2.28. The number of nitrogens with zero attached hydrogens (tertiary/aromatic N) is 4. The number of benzene rings is 1. The molecular formula is C25H26N6OS. The third-order valence-corrected chi connectivity index (χ3v) is 6.27. The summed E-state index contributed by atoms with van der Waals surface area (Å²) in [5.41, 5.74) is 4.96. The molecule has 0 aliphatic heterocycles. The monoisotopic (exact) mass is 458 g/mol. The summed E-state index contributed by atoms with van der Waals surface area (Å²) in [6, 6.07) is 11.9. The van der Waals surface area contributed by atoms with Crippen LogP contribution in [0.3, 0.4) is 0 Å². The molecule has 0 radical (unpaired) electrons. The van der Waals surface area contributed by atoms with Crippen molar-refractivity contribution in [3.63, 3.8) is 0 Å². The fourth-order valence-corrected chi connectivity index (χ4v) is 4.60. The number of thiophene rings is 1. The van der Waals surface area contributed by atoms with Crippen molar-refractivity contribution in [2.24, 2.45) is 0 Å². The van der Waals surface area contributed by atoms with Gasteiger partial charge in [0.05, 0.1) is 16.6 Å². The number of pyridine rings is 1. The number of carbonyl (C=O) groups excluding carboxylic acids is 1. The number of H-pyrrole nitrogens is 1. The molecule has 1 aromatic carbocycles. The lowest BCUT2D eigenvalue weighted by molar-refractivity contribution is 0.0954. The molecule has 0 bridgehead atoms. The number of nitrogens with one attached hydrogen (secondary N) is 2. The van der Waals surface area contributed by atoms with E-state index in [1.807, 2.05) is 46.3 Å². The fraction of sp³-hybridized carbons (Fsp3) is 0.280. The van der Waals surface area contributed by atoms with E-state index in [9.17, 15) is 4.79 Å². The van der Waals surface area contributed by atoms with Gasteiger partial charge in [0.15, 0.2) is 5.65 Å². The summed E-state index contributed by atoms with van der Waals surface area (Å²) in [5, 5.41) is 16.0. The summed E-state index contributed by atoms with van der Waals surface area (Å²) in [6.45, 7) is 6.83. The first-order chi connectivity index (χ1) is 15.9. The zero-order valence-electron chi connectivity index (χ0n) is 18.9. The number of hydrogen-bond acceptors (Lipinski definition) is 5. The summed E-state index contributed by atoms with van der Waals surface area (Å²) >= 11 is 1.63. The average molecular weight is 459 g/mol. The van der Waals surface area contributed by atoms with E-state index in [2.05, 4.69) is 57.7 Å². The molecule has 0 unspecified atom stereocenters. The molecular weight excluding hydrogens is 432 g/mol. The summed E-state index contributed by atoms with van der Waals surface area (Å²) < 4.78 is 1.95. The number of hydrogen-bond donors (Lipinski definition) is 2. The molecule has 4 aromatic heterocycles. The summed E-state index contributed by atoms with van der Waals surface area (Å²) in [7, 11) is 0. The van der Waals surface area contributed by atoms with Crippen molar-refractivity contribution in [1.82, 2.24) is 29.9 Å². The molecule has 0 saturated carbocycles. The molecule has 5 rings (SSSR count). The second-order valence-electron chi connectivity index (χ2n) is 9.18. The van der Waals surface area contributed by atoms with Gasteiger partial charge in [-0.2, -0.15) is 11.3 Å². The van der Waals surface area contributed by atoms with E-state index in [1.165, 1.54) is 0 Å². The Kier molecular flexibility index (Phi) is 5.46. The third kappa shape index (κ3) is 4.26. The Labute approximate surface area is 195 Å². The van der Waals surface area contributed by atoms with Gasteiger partial charge in [-0.3, -0.25) is 9.20 Å². The van der Waals surface area contributed by atoms with Gasteiger partial charge in [0.2, 0.25) is 0 Å². The zero-order valence-corrected chi connectivity index (χ0v) is 19.7. The van der Waals surface area contributed by atoms with Crippen molar-refractivity contribution in [3.8, 4) is 11.1 Å². The second-order valence-corrected chi connectivity index (χ2v) is 9.96. The lowest BCUT2D eigenvalue weighted by Gasteiger charge is -2.17. The molecule has 0 fully saturated rings. The van der Waals surface area contributed by atoms with Crippen LogP contribution >= 0.6 is 11.3 Å². The van der Waals surface area contributed by atoms with Crippen LogP contribution in [0.25, 0.3) is 27.8 Å². The number of aryl methyl sites for hydroxylation is 1. The molecule has 0 atom stereocenters. The Hall–Kier alpha value is -3.52. The Balaban J connectivity index is 1.36. The molecule has 7 nitrogen and oxygen atoms in total. The number of fused-ring (bicyclic) bond motifs is 2. The van der Waals surface area contributed by atoms with E-state index in [0.717, 1.165) is 46.7 Å². The van der Waals surface area contributed by atoms with E-state index < -0.39 is 0 Å². The van der Waals surface area contributed by atoms with Crippen LogP contribution in [-0.2, 0) is 11.8 Å². The van der Waals surface area contributed by atoms with Gasteiger partial charge in [-0.15, -0.1) is 10.2 Å². The number of aromatic amines is 1. The topological polar surface area (TPSA) is 88.0 Å². The van der Waals surface area contributed by atoms with E-state index in [1.54, 1.807) is 11.3 Å². The van der Waals surface area contributed by atoms with Crippen LogP contribution in [0.15, 0.2) is 53.4 Å². The van der Waals surface area contributed by atoms with Gasteiger partial charge >= 0.3 is 0 Å². The third-order valence-electron chi connectivity index (χ3n) is 5.59. The number of carbonyl (C=O) groups is 1. The minimum atomic E-state index is -0.201. The molecule has 8 heteroatoms. The first kappa shape index (κ1) is 21.3. The van der Waals surface area contributed by atoms with Gasteiger partial charge in [0.1, 0.15) is 11.6 Å². The van der Waals surface area contributed by atoms with Crippen LogP contribution in [0.2, 0.25) is 0 Å². The Bertz CT molecular complexity index is 1390. The summed E-state index contributed by atoms with van der Waals surface area (Å²) in [5.74, 6) is 1.61. The van der Waals surface area contributed by atoms with Crippen molar-refractivity contribution < 1.29 is 4.79 Å². The average Bonchev–Trinajstić information content (AvgIpc) is 3.54. The zero-order chi connectivity index (χ0) is 23.0. The first-order valence-electron chi connectivity index (χ1n) is 11.0. The molecule has 0 spiro atoms. The van der Waals surface area contributed by atoms with Crippen LogP contribution in [0.1, 0.15) is 49.2 Å². The van der Waals surface area contributed by atoms with Crippen LogP contribution in [0.4, 0.5) is 0 Å². The molecule has 33 heavy (non-hydrogen) atoms. The standard InChI is InChI=1S/C25H26N6OS/c1-25(2,3)24-30-29-22-18(13-17(14-31(22)24)16-10-12-33-15-16)23(32)26-11-6-9-21-27-19-7-4-5-8-20(19)28-21/h4-5,7-8,10,12-15H,6,9,11H2,1-3H3,(H,26,32)(H,27,28). The normalized spacial score (nSPS) is 12.0. The van der Waals surface area contributed by atoms with Crippen molar-refractivity contribution in [1.29, 1.82) is 0 Å². The predicted octanol–water partition coefficient (Wildman–Crippen LogP) is 4.99. The predicted molar refractivity (Wildman–Crippen MR) is 132 cm³/mol. The molecule has 4 heterocycles. The van der Waals surface area contributed by atoms with Crippen LogP contribution in [0, 0.1) is 0 Å². The number of rotatable bonds is 6. The molecule has 1 amide bonds. The molecule has 5 aromatic rings. The van der Waals surface area contributed by atoms with Crippen LogP contribution < -0.4 is 5.32 Å². The number of amides is 1. The second kappa shape index (κ2) is 8.44. The van der Waals surface area contributed by atoms with Crippen molar-refractivity contribution in [2.45, 2.75) is 39.0 Å². The minimum absolute atomic E-state index is 0.144. The number of para-hydroxylation sites is 2. The van der Waals surface area contributed by atoms with E-state index in [4.69, 9.17) is 0 Å². The maximum Gasteiger partial charge on any atom is 0.255 e. The highest BCUT2D eigenvalue weighted by molar-refractivity contribution is 7.08. The number of imidazole rings is 1. The van der Waals surface area contributed by atoms with Crippen molar-refractivity contribution >= 4 is 33.9 Å². The van der Waals surface area contributed by atoms with Gasteiger partial charge in [-0.1, -0.05) is 32.9 Å². The minimum Gasteiger partial charge on any atom is -0.352 e. The smallest absolute Gasteiger partial charge is 0.255 e. The van der Waals surface area contributed by atoms with E-state index >= 15 is 0 Å². The fourth-order valence-electron chi connectivity index (χ4n) is 3.94. The first-order valence-corrected chi connectivity index (χ1v) is 12.0. The van der Waals surface area contributed by atoms with Crippen molar-refractivity contribution in [3.05, 3.63) is 70.6 Å². The lowest BCUT2D eigenvalue weighted by atomic mass is 9.95. The SMILES string of the molecule is CC(C)(C)c1nnc2c(C(=O)NCCCc3nc4ccccc4[nH]3)cc(-c3ccsc3)cn12. The highest BCUT2D eigenvalue weighted by atomic mass is 32.1. The van der Waals surface area contributed by atoms with E-state index in [0.29, 0.717) is 17.8 Å². The Morgan fingerprint density at radius 2 is 2.00 bits per heavy atom. The maximum atomic E-state index is 13.2. The van der Waals surface area contributed by atoms with Gasteiger partial charge in [0, 0.05) is 30.1 Å². The quantitative estimate of drug-likeness (QED) is 0.351. The van der Waals surface area contributed by atoms with Gasteiger partial charge in [-0.25, -0.2) is 4.98 Å². The van der Waals surface area contributed by atoms with Crippen LogP contribution in [0.5, 0.6) is 0 Å². The lowest BCUT2D eigenvalue weighted by Crippen LogP contribution is -2.26. The summed E-state index contributed by atoms with van der Waals surface area (Å²) in [6.07, 6.45) is 3.57. The maximum absolute atomic E-state index is 13.2. The van der Waals surface area contributed by atoms with E-state index in [-0.39, 0.29) is 11.3 Å². The number of aromatic nitrogens is 5. The Morgan fingerprint density at radius 3 is 2.76 bits per heavy atom. The highest BCUT2D eigenvalue weighted by Gasteiger charge is 2.24. The van der Waals surface area contributed by atoms with Crippen LogP contribution in [-0.4, -0.2) is 37.0 Å². The molecule has 2 N–H and O–H groups in total. The Morgan fingerprint density at radius 1 is 1.15 bits per heavy atom. The molecule has 0 saturated heterocycles. The molecule has 0 aliphatic rings. The van der Waals surface area contributed by atoms with Gasteiger partial charge in [0.25, 0.3) is 5.91 Å². The summed E-state index contributed by atoms with van der Waals surface area (Å²) in [4.78, 5) is 21.1. The van der Waals surface area contributed by atoms with Crippen molar-refractivity contribution in [2.75, 3.05) is 6.54 Å². The van der Waals surface area contributed by atoms with Gasteiger partial charge < -0.3 is 10.3 Å². The van der Waals surface area contributed by atoms with Gasteiger partial charge in [-0.05, 0) is 47.0 Å². The molecule has 0 aliphatic carbocycles. The molecule has 168 valence electrons.